The predicted molar refractivity (Wildman–Crippen MR) is 84.9 cm³/mol. The number of rotatable bonds is 5. The molecule has 22 heavy (non-hydrogen) atoms. The van der Waals surface area contributed by atoms with Gasteiger partial charge in [-0.15, -0.1) is 0 Å². The fourth-order valence-corrected chi connectivity index (χ4v) is 2.69. The monoisotopic (exact) mass is 308 g/mol. The van der Waals surface area contributed by atoms with Gasteiger partial charge in [0.15, 0.2) is 11.5 Å². The van der Waals surface area contributed by atoms with Crippen molar-refractivity contribution in [3.05, 3.63) is 12.1 Å². The molecule has 1 saturated heterocycles. The predicted octanol–water partition coefficient (Wildman–Crippen LogP) is 2.04. The minimum atomic E-state index is -0.404. The molecule has 0 aromatic heterocycles. The van der Waals surface area contributed by atoms with Gasteiger partial charge >= 0.3 is 0 Å². The van der Waals surface area contributed by atoms with Crippen LogP contribution in [-0.2, 0) is 4.79 Å². The Hall–Kier alpha value is -1.95. The molecule has 0 saturated carbocycles. The smallest absolute Gasteiger partial charge is 0.231 e. The van der Waals surface area contributed by atoms with Crippen LogP contribution in [0.15, 0.2) is 12.1 Å². The lowest BCUT2D eigenvalue weighted by Gasteiger charge is -2.32. The third kappa shape index (κ3) is 3.27. The summed E-state index contributed by atoms with van der Waals surface area (Å²) in [5.74, 6) is 1.54. The van der Waals surface area contributed by atoms with E-state index in [2.05, 4.69) is 10.6 Å². The van der Waals surface area contributed by atoms with Gasteiger partial charge in [-0.2, -0.15) is 0 Å². The Bertz CT molecular complexity index is 514. The molecule has 2 rings (SSSR count). The summed E-state index contributed by atoms with van der Waals surface area (Å²) in [5.41, 5.74) is 0.227. The van der Waals surface area contributed by atoms with Crippen molar-refractivity contribution in [3.63, 3.8) is 0 Å². The number of anilines is 1. The Morgan fingerprint density at radius 3 is 2.27 bits per heavy atom. The quantitative estimate of drug-likeness (QED) is 0.871. The van der Waals surface area contributed by atoms with E-state index >= 15 is 0 Å². The molecule has 0 spiro atoms. The maximum absolute atomic E-state index is 12.6. The van der Waals surface area contributed by atoms with E-state index < -0.39 is 5.41 Å². The van der Waals surface area contributed by atoms with Crippen LogP contribution in [0.25, 0.3) is 0 Å². The van der Waals surface area contributed by atoms with Crippen molar-refractivity contribution in [2.75, 3.05) is 39.7 Å². The number of piperidine rings is 1. The number of hydrogen-bond donors (Lipinski definition) is 2. The molecule has 1 aromatic rings. The van der Waals surface area contributed by atoms with E-state index in [1.807, 2.05) is 6.92 Å². The molecular formula is C16H24N2O4. The van der Waals surface area contributed by atoms with Crippen molar-refractivity contribution in [2.45, 2.75) is 19.8 Å². The lowest BCUT2D eigenvalue weighted by Crippen LogP contribution is -2.46. The zero-order valence-electron chi connectivity index (χ0n) is 13.6. The molecule has 1 aliphatic heterocycles. The van der Waals surface area contributed by atoms with Gasteiger partial charge in [-0.3, -0.25) is 4.79 Å². The molecule has 2 N–H and O–H groups in total. The molecule has 1 aromatic carbocycles. The first-order valence-electron chi connectivity index (χ1n) is 7.36. The van der Waals surface area contributed by atoms with Gasteiger partial charge in [0, 0.05) is 24.4 Å². The molecular weight excluding hydrogens is 284 g/mol. The highest BCUT2D eigenvalue weighted by molar-refractivity contribution is 5.96. The van der Waals surface area contributed by atoms with Crippen LogP contribution in [0.3, 0.4) is 0 Å². The number of nitrogens with one attached hydrogen (secondary N) is 2. The molecule has 6 nitrogen and oxygen atoms in total. The van der Waals surface area contributed by atoms with E-state index in [0.29, 0.717) is 29.5 Å². The maximum Gasteiger partial charge on any atom is 0.231 e. The number of carbonyl (C=O) groups is 1. The van der Waals surface area contributed by atoms with Gasteiger partial charge in [0.05, 0.1) is 26.7 Å². The van der Waals surface area contributed by atoms with E-state index in [1.165, 1.54) is 0 Å². The summed E-state index contributed by atoms with van der Waals surface area (Å²) in [4.78, 5) is 12.6. The Kier molecular flexibility index (Phi) is 5.13. The average Bonchev–Trinajstić information content (AvgIpc) is 2.54. The third-order valence-electron chi connectivity index (χ3n) is 4.07. The SMILES string of the molecule is COc1cc(NC(=O)C2(C)CCCNC2)cc(OC)c1OC. The Morgan fingerprint density at radius 1 is 1.18 bits per heavy atom. The molecule has 1 fully saturated rings. The number of benzene rings is 1. The molecule has 0 bridgehead atoms. The van der Waals surface area contributed by atoms with Crippen LogP contribution in [0.5, 0.6) is 17.2 Å². The minimum Gasteiger partial charge on any atom is -0.493 e. The van der Waals surface area contributed by atoms with Crippen molar-refractivity contribution in [3.8, 4) is 17.2 Å². The molecule has 6 heteroatoms. The normalized spacial score (nSPS) is 21.1. The largest absolute Gasteiger partial charge is 0.493 e. The zero-order valence-corrected chi connectivity index (χ0v) is 13.6. The summed E-state index contributed by atoms with van der Waals surface area (Å²) in [6.45, 7) is 3.63. The topological polar surface area (TPSA) is 68.8 Å². The van der Waals surface area contributed by atoms with Gasteiger partial charge in [-0.1, -0.05) is 0 Å². The van der Waals surface area contributed by atoms with Crippen LogP contribution in [0.1, 0.15) is 19.8 Å². The molecule has 1 heterocycles. The van der Waals surface area contributed by atoms with Crippen LogP contribution >= 0.6 is 0 Å². The second kappa shape index (κ2) is 6.87. The van der Waals surface area contributed by atoms with Crippen LogP contribution in [-0.4, -0.2) is 40.3 Å². The summed E-state index contributed by atoms with van der Waals surface area (Å²) in [6.07, 6.45) is 1.87. The molecule has 1 unspecified atom stereocenters. The fourth-order valence-electron chi connectivity index (χ4n) is 2.69. The molecule has 1 atom stereocenters. The molecule has 0 aliphatic carbocycles. The van der Waals surface area contributed by atoms with E-state index in [9.17, 15) is 4.79 Å². The molecule has 0 radical (unpaired) electrons. The third-order valence-corrected chi connectivity index (χ3v) is 4.07. The van der Waals surface area contributed by atoms with E-state index in [1.54, 1.807) is 33.5 Å². The van der Waals surface area contributed by atoms with Gasteiger partial charge in [0.1, 0.15) is 0 Å². The van der Waals surface area contributed by atoms with Gasteiger partial charge in [0.2, 0.25) is 11.7 Å². The van der Waals surface area contributed by atoms with Gasteiger partial charge < -0.3 is 24.8 Å². The minimum absolute atomic E-state index is 0.00558. The Balaban J connectivity index is 2.23. The highest BCUT2D eigenvalue weighted by Crippen LogP contribution is 2.40. The van der Waals surface area contributed by atoms with Crippen LogP contribution in [0.2, 0.25) is 0 Å². The number of hydrogen-bond acceptors (Lipinski definition) is 5. The number of amides is 1. The van der Waals surface area contributed by atoms with Crippen molar-refractivity contribution in [2.24, 2.45) is 5.41 Å². The molecule has 1 aliphatic rings. The van der Waals surface area contributed by atoms with Crippen LogP contribution in [0.4, 0.5) is 5.69 Å². The average molecular weight is 308 g/mol. The summed E-state index contributed by atoms with van der Waals surface area (Å²) in [5, 5.41) is 6.23. The second-order valence-electron chi connectivity index (χ2n) is 5.71. The molecule has 122 valence electrons. The number of methoxy groups -OCH3 is 3. The first-order chi connectivity index (χ1) is 10.5. The standard InChI is InChI=1S/C16H24N2O4/c1-16(6-5-7-17-10-16)15(19)18-11-8-12(20-2)14(22-4)13(9-11)21-3/h8-9,17H,5-7,10H2,1-4H3,(H,18,19). The van der Waals surface area contributed by atoms with Crippen molar-refractivity contribution >= 4 is 11.6 Å². The Labute approximate surface area is 131 Å². The first-order valence-corrected chi connectivity index (χ1v) is 7.36. The summed E-state index contributed by atoms with van der Waals surface area (Å²) in [7, 11) is 4.65. The maximum atomic E-state index is 12.6. The number of ether oxygens (including phenoxy) is 3. The van der Waals surface area contributed by atoms with E-state index in [-0.39, 0.29) is 5.91 Å². The summed E-state index contributed by atoms with van der Waals surface area (Å²) < 4.78 is 15.9. The van der Waals surface area contributed by atoms with Crippen LogP contribution in [0, 0.1) is 5.41 Å². The van der Waals surface area contributed by atoms with E-state index in [4.69, 9.17) is 14.2 Å². The second-order valence-corrected chi connectivity index (χ2v) is 5.71. The first kappa shape index (κ1) is 16.4. The van der Waals surface area contributed by atoms with Gasteiger partial charge in [0.25, 0.3) is 0 Å². The van der Waals surface area contributed by atoms with Crippen molar-refractivity contribution in [1.82, 2.24) is 5.32 Å². The summed E-state index contributed by atoms with van der Waals surface area (Å²) >= 11 is 0. The van der Waals surface area contributed by atoms with Crippen LogP contribution < -0.4 is 24.8 Å². The zero-order chi connectivity index (χ0) is 16.2. The number of carbonyl (C=O) groups excluding carboxylic acids is 1. The fraction of sp³-hybridized carbons (Fsp3) is 0.562. The van der Waals surface area contributed by atoms with Crippen molar-refractivity contribution < 1.29 is 19.0 Å². The highest BCUT2D eigenvalue weighted by atomic mass is 16.5. The van der Waals surface area contributed by atoms with Crippen molar-refractivity contribution in [1.29, 1.82) is 0 Å². The van der Waals surface area contributed by atoms with E-state index in [0.717, 1.165) is 19.4 Å². The molecule has 1 amide bonds. The summed E-state index contributed by atoms with van der Waals surface area (Å²) in [6, 6.07) is 3.47. The van der Waals surface area contributed by atoms with Gasteiger partial charge in [-0.25, -0.2) is 0 Å². The highest BCUT2D eigenvalue weighted by Gasteiger charge is 2.34. The lowest BCUT2D eigenvalue weighted by molar-refractivity contribution is -0.125. The lowest BCUT2D eigenvalue weighted by atomic mass is 9.82. The van der Waals surface area contributed by atoms with Gasteiger partial charge in [-0.05, 0) is 26.3 Å². The Morgan fingerprint density at radius 2 is 1.82 bits per heavy atom.